The minimum atomic E-state index is -0.604. The Hall–Kier alpha value is -1.70. The molecule has 0 saturated carbocycles. The molecule has 1 saturated heterocycles. The first-order chi connectivity index (χ1) is 10.2. The van der Waals surface area contributed by atoms with E-state index in [-0.39, 0.29) is 23.9 Å². The average molecular weight is 328 g/mol. The number of fused-ring (bicyclic) bond motifs is 1. The van der Waals surface area contributed by atoms with Crippen molar-refractivity contribution in [3.8, 4) is 0 Å². The zero-order valence-electron chi connectivity index (χ0n) is 13.0. The van der Waals surface area contributed by atoms with Crippen molar-refractivity contribution >= 4 is 29.7 Å². The van der Waals surface area contributed by atoms with Gasteiger partial charge in [-0.2, -0.15) is 0 Å². The highest BCUT2D eigenvalue weighted by atomic mass is 32.2. The van der Waals surface area contributed by atoms with Crippen molar-refractivity contribution in [2.24, 2.45) is 0 Å². The van der Waals surface area contributed by atoms with Gasteiger partial charge in [0.2, 0.25) is 0 Å². The monoisotopic (exact) mass is 328 g/mol. The molecule has 1 fully saturated rings. The average Bonchev–Trinajstić information content (AvgIpc) is 2.40. The fraction of sp³-hybridized carbons (Fsp3) is 0.643. The number of β-lactam (4-membered cyclic amide) rings is 1. The molecule has 1 N–H and O–H groups in total. The van der Waals surface area contributed by atoms with Gasteiger partial charge in [-0.15, -0.1) is 11.8 Å². The van der Waals surface area contributed by atoms with Crippen LogP contribution in [0.1, 0.15) is 27.7 Å². The lowest BCUT2D eigenvalue weighted by Crippen LogP contribution is -2.68. The van der Waals surface area contributed by atoms with Crippen molar-refractivity contribution < 1.29 is 23.9 Å². The third kappa shape index (κ3) is 3.94. The first-order valence-corrected chi connectivity index (χ1v) is 7.98. The number of nitrogens with one attached hydrogen (secondary N) is 1. The number of hydrogen-bond donors (Lipinski definition) is 1. The number of nitrogens with zero attached hydrogens (tertiary/aromatic N) is 1. The summed E-state index contributed by atoms with van der Waals surface area (Å²) in [5, 5.41) is 2.46. The molecule has 2 aliphatic heterocycles. The number of thioether (sulfide) groups is 1. The summed E-state index contributed by atoms with van der Waals surface area (Å²) in [4.78, 5) is 36.2. The minimum absolute atomic E-state index is 0.138. The fourth-order valence-corrected chi connectivity index (χ4v) is 3.31. The predicted molar refractivity (Wildman–Crippen MR) is 81.0 cm³/mol. The molecular weight excluding hydrogens is 308 g/mol. The zero-order chi connectivity index (χ0) is 16.5. The van der Waals surface area contributed by atoms with Crippen LogP contribution in [-0.4, -0.2) is 52.2 Å². The highest BCUT2D eigenvalue weighted by Crippen LogP contribution is 2.36. The maximum atomic E-state index is 12.1. The molecule has 2 heterocycles. The van der Waals surface area contributed by atoms with Gasteiger partial charge in [-0.05, 0) is 26.3 Å². The zero-order valence-corrected chi connectivity index (χ0v) is 13.9. The summed E-state index contributed by atoms with van der Waals surface area (Å²) < 4.78 is 10.1. The maximum Gasteiger partial charge on any atom is 0.408 e. The Labute approximate surface area is 133 Å². The van der Waals surface area contributed by atoms with Gasteiger partial charge in [-0.1, -0.05) is 0 Å². The van der Waals surface area contributed by atoms with Gasteiger partial charge in [0.25, 0.3) is 5.91 Å². The number of rotatable bonds is 3. The van der Waals surface area contributed by atoms with Crippen LogP contribution in [0.4, 0.5) is 4.79 Å². The van der Waals surface area contributed by atoms with Gasteiger partial charge in [-0.3, -0.25) is 9.59 Å². The second kappa shape index (κ2) is 6.20. The van der Waals surface area contributed by atoms with Gasteiger partial charge in [0, 0.05) is 18.9 Å². The molecule has 22 heavy (non-hydrogen) atoms. The molecule has 0 radical (unpaired) electrons. The first kappa shape index (κ1) is 16.7. The lowest BCUT2D eigenvalue weighted by Gasteiger charge is -2.47. The Kier molecular flexibility index (Phi) is 4.69. The normalized spacial score (nSPS) is 23.9. The molecular formula is C14H20N2O5S. The number of carbonyl (C=O) groups is 3. The molecule has 8 heteroatoms. The molecule has 0 aromatic carbocycles. The summed E-state index contributed by atoms with van der Waals surface area (Å²) in [5.74, 6) is 0.102. The Bertz CT molecular complexity index is 526. The largest absolute Gasteiger partial charge is 0.461 e. The summed E-state index contributed by atoms with van der Waals surface area (Å²) in [7, 11) is 0. The quantitative estimate of drug-likeness (QED) is 0.620. The van der Waals surface area contributed by atoms with Crippen molar-refractivity contribution in [2.75, 3.05) is 12.4 Å². The number of carbonyl (C=O) groups excluding carboxylic acids is 3. The van der Waals surface area contributed by atoms with Gasteiger partial charge in [0.1, 0.15) is 23.6 Å². The van der Waals surface area contributed by atoms with Gasteiger partial charge >= 0.3 is 12.1 Å². The molecule has 0 bridgehead atoms. The van der Waals surface area contributed by atoms with Crippen LogP contribution in [0.25, 0.3) is 0 Å². The van der Waals surface area contributed by atoms with E-state index in [9.17, 15) is 14.4 Å². The molecule has 2 rings (SSSR count). The molecule has 0 aromatic heterocycles. The minimum Gasteiger partial charge on any atom is -0.461 e. The van der Waals surface area contributed by atoms with Crippen molar-refractivity contribution in [1.29, 1.82) is 0 Å². The molecule has 122 valence electrons. The van der Waals surface area contributed by atoms with E-state index in [1.165, 1.54) is 18.7 Å². The summed E-state index contributed by atoms with van der Waals surface area (Å²) >= 11 is 1.52. The van der Waals surface area contributed by atoms with E-state index in [0.29, 0.717) is 5.75 Å². The van der Waals surface area contributed by atoms with E-state index in [2.05, 4.69) is 5.32 Å². The van der Waals surface area contributed by atoms with Crippen LogP contribution in [0.2, 0.25) is 0 Å². The fourth-order valence-electron chi connectivity index (χ4n) is 2.07. The Morgan fingerprint density at radius 2 is 2.14 bits per heavy atom. The number of amides is 2. The van der Waals surface area contributed by atoms with E-state index in [1.807, 2.05) is 0 Å². The highest BCUT2D eigenvalue weighted by molar-refractivity contribution is 8.00. The second-order valence-corrected chi connectivity index (χ2v) is 7.24. The first-order valence-electron chi connectivity index (χ1n) is 6.93. The van der Waals surface area contributed by atoms with E-state index in [1.54, 1.807) is 31.9 Å². The number of alkyl carbamates (subject to hydrolysis) is 1. The number of ether oxygens (including phenoxy) is 2. The van der Waals surface area contributed by atoms with Crippen LogP contribution < -0.4 is 5.32 Å². The van der Waals surface area contributed by atoms with Gasteiger partial charge < -0.3 is 19.7 Å². The third-order valence-corrected chi connectivity index (χ3v) is 4.35. The summed E-state index contributed by atoms with van der Waals surface area (Å²) in [6, 6.07) is -0.577. The summed E-state index contributed by atoms with van der Waals surface area (Å²) in [6.07, 6.45) is 1.10. The van der Waals surface area contributed by atoms with Gasteiger partial charge in [0.15, 0.2) is 0 Å². The van der Waals surface area contributed by atoms with Crippen LogP contribution in [-0.2, 0) is 19.1 Å². The standard InChI is InChI=1S/C14H20N2O5S/c1-8(17)20-6-9-5-16-11(18)10(12(16)22-7-9)15-13(19)21-14(2,3)4/h5,10,12H,6-7H2,1-4H3,(H,15,19). The lowest BCUT2D eigenvalue weighted by atomic mass is 10.1. The number of hydrogen-bond acceptors (Lipinski definition) is 6. The smallest absolute Gasteiger partial charge is 0.408 e. The molecule has 2 unspecified atom stereocenters. The molecule has 2 atom stereocenters. The Morgan fingerprint density at radius 1 is 1.45 bits per heavy atom. The molecule has 2 amide bonds. The Balaban J connectivity index is 1.90. The molecule has 0 aromatic rings. The Morgan fingerprint density at radius 3 is 2.73 bits per heavy atom. The van der Waals surface area contributed by atoms with E-state index in [4.69, 9.17) is 9.47 Å². The second-order valence-electron chi connectivity index (χ2n) is 6.14. The van der Waals surface area contributed by atoms with Crippen LogP contribution in [0, 0.1) is 0 Å². The van der Waals surface area contributed by atoms with Crippen molar-refractivity contribution in [3.05, 3.63) is 11.8 Å². The number of esters is 1. The van der Waals surface area contributed by atoms with Crippen molar-refractivity contribution in [2.45, 2.75) is 44.7 Å². The summed E-state index contributed by atoms with van der Waals surface area (Å²) in [5.41, 5.74) is 0.258. The highest BCUT2D eigenvalue weighted by Gasteiger charge is 2.49. The maximum absolute atomic E-state index is 12.1. The van der Waals surface area contributed by atoms with Crippen molar-refractivity contribution in [1.82, 2.24) is 10.2 Å². The molecule has 0 aliphatic carbocycles. The van der Waals surface area contributed by atoms with Gasteiger partial charge in [0.05, 0.1) is 0 Å². The van der Waals surface area contributed by atoms with Crippen LogP contribution in [0.15, 0.2) is 11.8 Å². The van der Waals surface area contributed by atoms with E-state index >= 15 is 0 Å². The van der Waals surface area contributed by atoms with E-state index in [0.717, 1.165) is 5.57 Å². The third-order valence-electron chi connectivity index (χ3n) is 2.97. The van der Waals surface area contributed by atoms with Gasteiger partial charge in [-0.25, -0.2) is 4.79 Å². The summed E-state index contributed by atoms with van der Waals surface area (Å²) in [6.45, 7) is 6.82. The predicted octanol–water partition coefficient (Wildman–Crippen LogP) is 1.24. The lowest BCUT2D eigenvalue weighted by molar-refractivity contribution is -0.141. The van der Waals surface area contributed by atoms with Crippen LogP contribution in [0.5, 0.6) is 0 Å². The van der Waals surface area contributed by atoms with Crippen molar-refractivity contribution in [3.63, 3.8) is 0 Å². The van der Waals surface area contributed by atoms with Crippen LogP contribution in [0.3, 0.4) is 0 Å². The molecule has 2 aliphatic rings. The SMILES string of the molecule is CC(=O)OCC1=CN2C(=O)C(NC(=O)OC(C)(C)C)C2SC1. The molecule has 7 nitrogen and oxygen atoms in total. The molecule has 0 spiro atoms. The van der Waals surface area contributed by atoms with E-state index < -0.39 is 17.7 Å². The topological polar surface area (TPSA) is 84.9 Å². The van der Waals surface area contributed by atoms with Crippen LogP contribution >= 0.6 is 11.8 Å².